The van der Waals surface area contributed by atoms with E-state index in [9.17, 15) is 0 Å². The molecule has 5 heteroatoms. The molecule has 0 N–H and O–H groups in total. The average molecular weight is 224 g/mol. The molecule has 1 aliphatic rings. The Balaban J connectivity index is 3.06. The zero-order chi connectivity index (χ0) is 11.4. The molecule has 0 saturated heterocycles. The second-order valence-electron chi connectivity index (χ2n) is 3.38. The third-order valence-electron chi connectivity index (χ3n) is 1.81. The van der Waals surface area contributed by atoms with Crippen LogP contribution in [0, 0.1) is 0 Å². The van der Waals surface area contributed by atoms with Gasteiger partial charge in [0.2, 0.25) is 0 Å². The molecular weight excluding hydrogens is 208 g/mol. The Kier molecular flexibility index (Phi) is 4.08. The summed E-state index contributed by atoms with van der Waals surface area (Å²) in [5, 5.41) is 1.29. The second kappa shape index (κ2) is 5.11. The first kappa shape index (κ1) is 12.0. The molecule has 1 aliphatic heterocycles. The summed E-state index contributed by atoms with van der Waals surface area (Å²) in [4.78, 5) is 14.4. The standard InChI is InChI=1S/C10H16N4S/c1-7(2)15-10(12-4)8-9(11-3)14(5)6-13-8/h6-7H,4H2,1-3,5H3/b10-8-,11-9+. The van der Waals surface area contributed by atoms with Crippen LogP contribution in [0.3, 0.4) is 0 Å². The summed E-state index contributed by atoms with van der Waals surface area (Å²) in [6, 6.07) is 0. The maximum Gasteiger partial charge on any atom is 0.157 e. The molecule has 1 rings (SSSR count). The van der Waals surface area contributed by atoms with E-state index in [0.29, 0.717) is 5.25 Å². The predicted octanol–water partition coefficient (Wildman–Crippen LogP) is 2.00. The Bertz CT molecular complexity index is 341. The molecule has 0 aromatic rings. The van der Waals surface area contributed by atoms with E-state index in [2.05, 4.69) is 35.5 Å². The Morgan fingerprint density at radius 3 is 2.73 bits per heavy atom. The summed E-state index contributed by atoms with van der Waals surface area (Å²) in [5.74, 6) is 0.838. The number of hydrogen-bond acceptors (Lipinski definition) is 4. The quantitative estimate of drug-likeness (QED) is 0.688. The summed E-state index contributed by atoms with van der Waals surface area (Å²) in [5.41, 5.74) is 0.814. The van der Waals surface area contributed by atoms with Gasteiger partial charge < -0.3 is 4.90 Å². The van der Waals surface area contributed by atoms with E-state index in [1.54, 1.807) is 25.1 Å². The molecular formula is C10H16N4S. The SMILES string of the molecule is C=N/C(SC(C)C)=C1/N=CN(C)/C1=N/C. The predicted molar refractivity (Wildman–Crippen MR) is 68.9 cm³/mol. The van der Waals surface area contributed by atoms with Crippen LogP contribution in [-0.2, 0) is 0 Å². The van der Waals surface area contributed by atoms with Gasteiger partial charge in [0.05, 0.1) is 6.34 Å². The van der Waals surface area contributed by atoms with Crippen LogP contribution in [0.2, 0.25) is 0 Å². The van der Waals surface area contributed by atoms with Crippen LogP contribution in [0.1, 0.15) is 13.8 Å². The number of nitrogens with zero attached hydrogens (tertiary/aromatic N) is 4. The zero-order valence-electron chi connectivity index (χ0n) is 9.56. The number of thioether (sulfide) groups is 1. The highest BCUT2D eigenvalue weighted by Gasteiger charge is 2.20. The molecule has 0 amide bonds. The van der Waals surface area contributed by atoms with Gasteiger partial charge in [0.1, 0.15) is 10.7 Å². The smallest absolute Gasteiger partial charge is 0.157 e. The number of aliphatic imine (C=N–C) groups is 3. The number of amidine groups is 1. The van der Waals surface area contributed by atoms with Crippen molar-refractivity contribution in [3.8, 4) is 0 Å². The van der Waals surface area contributed by atoms with Crippen LogP contribution >= 0.6 is 11.8 Å². The molecule has 15 heavy (non-hydrogen) atoms. The highest BCUT2D eigenvalue weighted by molar-refractivity contribution is 8.03. The number of rotatable bonds is 3. The van der Waals surface area contributed by atoms with Crippen molar-refractivity contribution in [2.75, 3.05) is 14.1 Å². The molecule has 82 valence electrons. The fourth-order valence-corrected chi connectivity index (χ4v) is 2.01. The van der Waals surface area contributed by atoms with E-state index in [1.165, 1.54) is 0 Å². The van der Waals surface area contributed by atoms with Crippen molar-refractivity contribution >= 4 is 30.7 Å². The summed E-state index contributed by atoms with van der Waals surface area (Å²) < 4.78 is 0. The van der Waals surface area contributed by atoms with Crippen LogP contribution in [0.4, 0.5) is 0 Å². The van der Waals surface area contributed by atoms with Crippen LogP contribution in [0.5, 0.6) is 0 Å². The molecule has 0 aliphatic carbocycles. The zero-order valence-corrected chi connectivity index (χ0v) is 10.4. The van der Waals surface area contributed by atoms with E-state index in [0.717, 1.165) is 16.6 Å². The van der Waals surface area contributed by atoms with Crippen molar-refractivity contribution < 1.29 is 0 Å². The molecule has 0 saturated carbocycles. The fourth-order valence-electron chi connectivity index (χ4n) is 1.23. The summed E-state index contributed by atoms with van der Waals surface area (Å²) in [6.07, 6.45) is 1.74. The molecule has 0 atom stereocenters. The van der Waals surface area contributed by atoms with Gasteiger partial charge in [-0.2, -0.15) is 0 Å². The van der Waals surface area contributed by atoms with Gasteiger partial charge in [0.25, 0.3) is 0 Å². The first-order valence-electron chi connectivity index (χ1n) is 4.72. The first-order valence-corrected chi connectivity index (χ1v) is 5.60. The molecule has 0 bridgehead atoms. The van der Waals surface area contributed by atoms with Crippen LogP contribution in [0.15, 0.2) is 25.7 Å². The molecule has 0 aromatic heterocycles. The highest BCUT2D eigenvalue weighted by atomic mass is 32.2. The minimum atomic E-state index is 0.456. The third kappa shape index (κ3) is 2.68. The molecule has 0 unspecified atom stereocenters. The largest absolute Gasteiger partial charge is 0.319 e. The molecule has 0 fully saturated rings. The molecule has 4 nitrogen and oxygen atoms in total. The van der Waals surface area contributed by atoms with Crippen molar-refractivity contribution in [3.63, 3.8) is 0 Å². The Labute approximate surface area is 94.9 Å². The second-order valence-corrected chi connectivity index (χ2v) is 4.95. The minimum absolute atomic E-state index is 0.456. The lowest BCUT2D eigenvalue weighted by Gasteiger charge is -2.10. The molecule has 0 aromatic carbocycles. The van der Waals surface area contributed by atoms with Crippen molar-refractivity contribution in [2.24, 2.45) is 15.0 Å². The van der Waals surface area contributed by atoms with Crippen LogP contribution in [-0.4, -0.2) is 43.1 Å². The number of likely N-dealkylation sites (N-methyl/N-ethyl adjacent to an activating group) is 1. The Morgan fingerprint density at radius 2 is 2.27 bits per heavy atom. The monoisotopic (exact) mass is 224 g/mol. The van der Waals surface area contributed by atoms with Gasteiger partial charge in [-0.25, -0.2) is 4.99 Å². The van der Waals surface area contributed by atoms with Gasteiger partial charge in [0.15, 0.2) is 5.84 Å². The fraction of sp³-hybridized carbons (Fsp3) is 0.500. The van der Waals surface area contributed by atoms with E-state index >= 15 is 0 Å². The summed E-state index contributed by atoms with van der Waals surface area (Å²) in [7, 11) is 3.67. The maximum atomic E-state index is 4.29. The average Bonchev–Trinajstić information content (AvgIpc) is 2.55. The molecule has 0 radical (unpaired) electrons. The maximum absolute atomic E-state index is 4.29. The summed E-state index contributed by atoms with van der Waals surface area (Å²) in [6.45, 7) is 7.80. The lowest BCUT2D eigenvalue weighted by molar-refractivity contribution is 0.793. The Hall–Kier alpha value is -1.10. The van der Waals surface area contributed by atoms with Gasteiger partial charge in [-0.3, -0.25) is 9.98 Å². The normalized spacial score (nSPS) is 21.7. The van der Waals surface area contributed by atoms with Gasteiger partial charge in [-0.15, -0.1) is 11.8 Å². The lowest BCUT2D eigenvalue weighted by Crippen LogP contribution is -2.20. The summed E-state index contributed by atoms with van der Waals surface area (Å²) >= 11 is 1.65. The topological polar surface area (TPSA) is 40.3 Å². The molecule has 0 spiro atoms. The van der Waals surface area contributed by atoms with Crippen molar-refractivity contribution in [1.29, 1.82) is 0 Å². The minimum Gasteiger partial charge on any atom is -0.319 e. The number of hydrogen-bond donors (Lipinski definition) is 0. The lowest BCUT2D eigenvalue weighted by atomic mass is 10.4. The molecule has 1 heterocycles. The van der Waals surface area contributed by atoms with Gasteiger partial charge in [-0.05, 0) is 6.72 Å². The highest BCUT2D eigenvalue weighted by Crippen LogP contribution is 2.28. The van der Waals surface area contributed by atoms with Crippen molar-refractivity contribution in [1.82, 2.24) is 4.90 Å². The van der Waals surface area contributed by atoms with Crippen LogP contribution < -0.4 is 0 Å². The van der Waals surface area contributed by atoms with Crippen molar-refractivity contribution in [2.45, 2.75) is 19.1 Å². The van der Waals surface area contributed by atoms with E-state index in [4.69, 9.17) is 0 Å². The van der Waals surface area contributed by atoms with Crippen LogP contribution in [0.25, 0.3) is 0 Å². The van der Waals surface area contributed by atoms with Gasteiger partial charge in [0, 0.05) is 19.3 Å². The van der Waals surface area contributed by atoms with E-state index < -0.39 is 0 Å². The third-order valence-corrected chi connectivity index (χ3v) is 2.83. The van der Waals surface area contributed by atoms with E-state index in [-0.39, 0.29) is 0 Å². The Morgan fingerprint density at radius 1 is 1.60 bits per heavy atom. The van der Waals surface area contributed by atoms with Gasteiger partial charge in [-0.1, -0.05) is 13.8 Å². The van der Waals surface area contributed by atoms with E-state index in [1.807, 2.05) is 11.9 Å². The first-order chi connectivity index (χ1) is 7.10. The van der Waals surface area contributed by atoms with Crippen molar-refractivity contribution in [3.05, 3.63) is 10.7 Å². The van der Waals surface area contributed by atoms with Gasteiger partial charge >= 0.3 is 0 Å².